The van der Waals surface area contributed by atoms with Crippen LogP contribution in [0.4, 0.5) is 0 Å². The zero-order valence-electron chi connectivity index (χ0n) is 6.66. The molecule has 0 bridgehead atoms. The molecule has 0 spiro atoms. The quantitative estimate of drug-likeness (QED) is 0.502. The predicted molar refractivity (Wildman–Crippen MR) is 49.2 cm³/mol. The maximum absolute atomic E-state index is 5.71. The molecule has 0 aliphatic rings. The first-order chi connectivity index (χ1) is 4.50. The second kappa shape index (κ2) is 4.60. The molecule has 0 amide bonds. The van der Waals surface area contributed by atoms with Gasteiger partial charge in [-0.2, -0.15) is 0 Å². The van der Waals surface area contributed by atoms with Gasteiger partial charge in [0.1, 0.15) is 4.46 Å². The van der Waals surface area contributed by atoms with Gasteiger partial charge in [0.25, 0.3) is 0 Å². The Labute approximate surface area is 73.8 Å². The van der Waals surface area contributed by atoms with Gasteiger partial charge in [-0.15, -0.1) is 23.2 Å². The molecule has 0 aromatic heterocycles. The van der Waals surface area contributed by atoms with E-state index in [-0.39, 0.29) is 4.46 Å². The average Bonchev–Trinajstić information content (AvgIpc) is 1.84. The van der Waals surface area contributed by atoms with Crippen LogP contribution in [0.2, 0.25) is 13.1 Å². The van der Waals surface area contributed by atoms with E-state index >= 15 is 0 Å². The summed E-state index contributed by atoms with van der Waals surface area (Å²) in [6.07, 6.45) is 1.02. The molecule has 0 aromatic carbocycles. The molecule has 0 aromatic rings. The molecule has 0 aliphatic heterocycles. The van der Waals surface area contributed by atoms with Crippen molar-refractivity contribution in [1.82, 2.24) is 0 Å². The fraction of sp³-hybridized carbons (Fsp3) is 1.00. The van der Waals surface area contributed by atoms with E-state index < -0.39 is 8.32 Å². The van der Waals surface area contributed by atoms with Gasteiger partial charge in [-0.25, -0.2) is 0 Å². The van der Waals surface area contributed by atoms with Gasteiger partial charge in [0.2, 0.25) is 8.32 Å². The molecule has 0 unspecified atom stereocenters. The molecule has 62 valence electrons. The van der Waals surface area contributed by atoms with Crippen LogP contribution in [-0.2, 0) is 4.43 Å². The minimum Gasteiger partial charge on any atom is -0.415 e. The van der Waals surface area contributed by atoms with Gasteiger partial charge in [-0.05, 0) is 19.5 Å². The lowest BCUT2D eigenvalue weighted by atomic mass is 10.5. The lowest BCUT2D eigenvalue weighted by Gasteiger charge is -2.23. The van der Waals surface area contributed by atoms with E-state index in [1.54, 1.807) is 0 Å². The normalized spacial score (nSPS) is 12.6. The first-order valence-electron chi connectivity index (χ1n) is 3.43. The van der Waals surface area contributed by atoms with E-state index in [1.807, 2.05) is 13.1 Å². The Bertz CT molecular complexity index is 95.7. The number of hydrogen-bond acceptors (Lipinski definition) is 1. The summed E-state index contributed by atoms with van der Waals surface area (Å²) in [5.41, 5.74) is 0. The number of hydrogen-bond donors (Lipinski definition) is 0. The molecule has 0 saturated heterocycles. The summed E-state index contributed by atoms with van der Waals surface area (Å²) in [5.74, 6) is 0. The Hall–Kier alpha value is 0.757. The van der Waals surface area contributed by atoms with Crippen molar-refractivity contribution in [3.63, 3.8) is 0 Å². The molecule has 0 radical (unpaired) electrons. The molecule has 0 heterocycles. The summed E-state index contributed by atoms with van der Waals surface area (Å²) in [6.45, 7) is 6.89. The SMILES string of the molecule is CCCO[Si](C)(C)C(Cl)Cl. The summed E-state index contributed by atoms with van der Waals surface area (Å²) in [5, 5.41) is 0. The molecule has 10 heavy (non-hydrogen) atoms. The fourth-order valence-corrected chi connectivity index (χ4v) is 1.66. The van der Waals surface area contributed by atoms with Gasteiger partial charge in [0.15, 0.2) is 0 Å². The van der Waals surface area contributed by atoms with Crippen LogP contribution in [0, 0.1) is 0 Å². The maximum Gasteiger partial charge on any atom is 0.220 e. The second-order valence-corrected chi connectivity index (χ2v) is 8.65. The topological polar surface area (TPSA) is 9.23 Å². The Morgan fingerprint density at radius 3 is 2.20 bits per heavy atom. The van der Waals surface area contributed by atoms with Gasteiger partial charge < -0.3 is 4.43 Å². The van der Waals surface area contributed by atoms with Gasteiger partial charge in [-0.1, -0.05) is 6.92 Å². The highest BCUT2D eigenvalue weighted by Gasteiger charge is 2.30. The maximum atomic E-state index is 5.71. The van der Waals surface area contributed by atoms with Crippen LogP contribution in [-0.4, -0.2) is 19.4 Å². The van der Waals surface area contributed by atoms with Crippen molar-refractivity contribution in [1.29, 1.82) is 0 Å². The minimum atomic E-state index is -1.77. The first-order valence-corrected chi connectivity index (χ1v) is 7.28. The van der Waals surface area contributed by atoms with E-state index in [0.29, 0.717) is 0 Å². The van der Waals surface area contributed by atoms with Crippen molar-refractivity contribution in [2.24, 2.45) is 0 Å². The smallest absolute Gasteiger partial charge is 0.220 e. The van der Waals surface area contributed by atoms with E-state index in [4.69, 9.17) is 27.6 Å². The van der Waals surface area contributed by atoms with Crippen LogP contribution in [0.3, 0.4) is 0 Å². The van der Waals surface area contributed by atoms with Crippen molar-refractivity contribution < 1.29 is 4.43 Å². The van der Waals surface area contributed by atoms with Crippen LogP contribution in [0.5, 0.6) is 0 Å². The standard InChI is InChI=1S/C6H14Cl2OSi/c1-4-5-9-10(2,3)6(7)8/h6H,4-5H2,1-3H3. The van der Waals surface area contributed by atoms with Crippen LogP contribution >= 0.6 is 23.2 Å². The minimum absolute atomic E-state index is 0.320. The third kappa shape index (κ3) is 3.81. The number of alkyl halides is 2. The molecule has 0 aliphatic carbocycles. The molecule has 1 nitrogen and oxygen atoms in total. The Morgan fingerprint density at radius 1 is 1.40 bits per heavy atom. The molecular formula is C6H14Cl2OSi. The van der Waals surface area contributed by atoms with E-state index in [0.717, 1.165) is 13.0 Å². The van der Waals surface area contributed by atoms with Gasteiger partial charge in [0.05, 0.1) is 0 Å². The van der Waals surface area contributed by atoms with Crippen LogP contribution in [0.15, 0.2) is 0 Å². The van der Waals surface area contributed by atoms with Crippen molar-refractivity contribution in [2.45, 2.75) is 30.9 Å². The highest BCUT2D eigenvalue weighted by atomic mass is 35.5. The molecular weight excluding hydrogens is 187 g/mol. The van der Waals surface area contributed by atoms with Crippen molar-refractivity contribution in [2.75, 3.05) is 6.61 Å². The molecule has 0 atom stereocenters. The van der Waals surface area contributed by atoms with Crippen molar-refractivity contribution >= 4 is 31.5 Å². The molecule has 0 fully saturated rings. The molecule has 4 heteroatoms. The highest BCUT2D eigenvalue weighted by Crippen LogP contribution is 2.19. The molecule has 0 saturated carbocycles. The zero-order chi connectivity index (χ0) is 8.20. The summed E-state index contributed by atoms with van der Waals surface area (Å²) in [7, 11) is -1.77. The first kappa shape index (κ1) is 10.8. The van der Waals surface area contributed by atoms with E-state index in [9.17, 15) is 0 Å². The summed E-state index contributed by atoms with van der Waals surface area (Å²) >= 11 is 11.4. The fourth-order valence-electron chi connectivity index (χ4n) is 0.428. The molecule has 0 N–H and O–H groups in total. The average molecular weight is 201 g/mol. The third-order valence-electron chi connectivity index (χ3n) is 1.20. The summed E-state index contributed by atoms with van der Waals surface area (Å²) < 4.78 is 5.19. The van der Waals surface area contributed by atoms with Crippen LogP contribution < -0.4 is 0 Å². The van der Waals surface area contributed by atoms with Gasteiger partial charge in [-0.3, -0.25) is 0 Å². The van der Waals surface area contributed by atoms with E-state index in [1.165, 1.54) is 0 Å². The Kier molecular flexibility index (Phi) is 4.95. The Morgan fingerprint density at radius 2 is 1.90 bits per heavy atom. The number of rotatable bonds is 4. The van der Waals surface area contributed by atoms with E-state index in [2.05, 4.69) is 6.92 Å². The number of halogens is 2. The van der Waals surface area contributed by atoms with Crippen molar-refractivity contribution in [3.8, 4) is 0 Å². The lowest BCUT2D eigenvalue weighted by molar-refractivity contribution is 0.309. The zero-order valence-corrected chi connectivity index (χ0v) is 9.17. The highest BCUT2D eigenvalue weighted by molar-refractivity contribution is 6.87. The second-order valence-electron chi connectivity index (χ2n) is 2.75. The van der Waals surface area contributed by atoms with Crippen LogP contribution in [0.25, 0.3) is 0 Å². The largest absolute Gasteiger partial charge is 0.415 e. The van der Waals surface area contributed by atoms with Gasteiger partial charge >= 0.3 is 0 Å². The Balaban J connectivity index is 3.63. The molecule has 0 rings (SSSR count). The summed E-state index contributed by atoms with van der Waals surface area (Å²) in [4.78, 5) is 0. The lowest BCUT2D eigenvalue weighted by Crippen LogP contribution is -2.38. The van der Waals surface area contributed by atoms with Gasteiger partial charge in [0, 0.05) is 6.61 Å². The van der Waals surface area contributed by atoms with Crippen LogP contribution in [0.1, 0.15) is 13.3 Å². The summed E-state index contributed by atoms with van der Waals surface area (Å²) in [6, 6.07) is 0. The third-order valence-corrected chi connectivity index (χ3v) is 6.36. The van der Waals surface area contributed by atoms with Crippen molar-refractivity contribution in [3.05, 3.63) is 0 Å². The monoisotopic (exact) mass is 200 g/mol. The predicted octanol–water partition coefficient (Wildman–Crippen LogP) is 2.96.